The number of nitrogens with zero attached hydrogens (tertiary/aromatic N) is 1. The van der Waals surface area contributed by atoms with E-state index in [2.05, 4.69) is 0 Å². The number of thiocarbonyl (C=S) groups is 1. The molecule has 0 amide bonds. The molecule has 1 aromatic carbocycles. The van der Waals surface area contributed by atoms with Crippen LogP contribution in [-0.4, -0.2) is 26.1 Å². The summed E-state index contributed by atoms with van der Waals surface area (Å²) in [6.45, 7) is 4.03. The summed E-state index contributed by atoms with van der Waals surface area (Å²) in [4.78, 5) is 1.78. The highest BCUT2D eigenvalue weighted by Gasteiger charge is 2.55. The number of thioether (sulfide) groups is 1. The Kier molecular flexibility index (Phi) is 2.77. The van der Waals surface area contributed by atoms with Crippen LogP contribution < -0.4 is 0 Å². The van der Waals surface area contributed by atoms with Crippen LogP contribution in [0.25, 0.3) is 0 Å². The Hall–Kier alpha value is -0.580. The van der Waals surface area contributed by atoms with Gasteiger partial charge in [-0.2, -0.15) is 0 Å². The summed E-state index contributed by atoms with van der Waals surface area (Å²) in [5, 5.41) is 10.9. The normalized spacial score (nSPS) is 28.5. The Balaban J connectivity index is 2.55. The van der Waals surface area contributed by atoms with Crippen molar-refractivity contribution >= 4 is 28.3 Å². The molecule has 0 saturated carbocycles. The van der Waals surface area contributed by atoms with Gasteiger partial charge in [-0.05, 0) is 13.8 Å². The van der Waals surface area contributed by atoms with Crippen molar-refractivity contribution in [1.82, 2.24) is 4.90 Å². The average molecular weight is 253 g/mol. The fourth-order valence-electron chi connectivity index (χ4n) is 2.11. The van der Waals surface area contributed by atoms with Crippen molar-refractivity contribution in [2.24, 2.45) is 0 Å². The highest BCUT2D eigenvalue weighted by atomic mass is 32.2. The molecule has 1 aromatic rings. The standard InChI is InChI=1S/C12H15NOS2/c1-11(2)12(14,13(3)10(15)16-11)9-7-5-4-6-8-9/h4-8,14H,1-3H3. The van der Waals surface area contributed by atoms with Crippen molar-refractivity contribution in [2.75, 3.05) is 7.05 Å². The van der Waals surface area contributed by atoms with Gasteiger partial charge in [-0.25, -0.2) is 0 Å². The lowest BCUT2D eigenvalue weighted by Crippen LogP contribution is -2.50. The maximum absolute atomic E-state index is 10.9. The summed E-state index contributed by atoms with van der Waals surface area (Å²) in [6, 6.07) is 9.69. The zero-order valence-electron chi connectivity index (χ0n) is 9.60. The smallest absolute Gasteiger partial charge is 0.180 e. The van der Waals surface area contributed by atoms with E-state index in [4.69, 9.17) is 12.2 Å². The molecule has 1 unspecified atom stereocenters. The number of aliphatic hydroxyl groups is 1. The largest absolute Gasteiger partial charge is 0.366 e. The monoisotopic (exact) mass is 253 g/mol. The average Bonchev–Trinajstić information content (AvgIpc) is 2.41. The van der Waals surface area contributed by atoms with E-state index in [1.165, 1.54) is 11.8 Å². The van der Waals surface area contributed by atoms with Gasteiger partial charge in [0, 0.05) is 12.6 Å². The van der Waals surface area contributed by atoms with Crippen LogP contribution in [0, 0.1) is 0 Å². The Morgan fingerprint density at radius 1 is 1.25 bits per heavy atom. The molecule has 0 spiro atoms. The summed E-state index contributed by atoms with van der Waals surface area (Å²) >= 11 is 6.81. The summed E-state index contributed by atoms with van der Waals surface area (Å²) in [5.41, 5.74) is -0.148. The Labute approximate surface area is 106 Å². The molecule has 1 aliphatic heterocycles. The quantitative estimate of drug-likeness (QED) is 0.777. The topological polar surface area (TPSA) is 23.5 Å². The fraction of sp³-hybridized carbons (Fsp3) is 0.417. The van der Waals surface area contributed by atoms with Gasteiger partial charge < -0.3 is 10.0 Å². The molecule has 0 bridgehead atoms. The van der Waals surface area contributed by atoms with Gasteiger partial charge in [0.25, 0.3) is 0 Å². The Bertz CT molecular complexity index is 418. The number of hydrogen-bond acceptors (Lipinski definition) is 3. The van der Waals surface area contributed by atoms with Gasteiger partial charge in [-0.15, -0.1) is 0 Å². The predicted octanol–water partition coefficient (Wildman–Crippen LogP) is 2.57. The second-order valence-corrected chi connectivity index (χ2v) is 6.73. The first-order valence-electron chi connectivity index (χ1n) is 5.14. The molecule has 86 valence electrons. The molecule has 1 aliphatic rings. The predicted molar refractivity (Wildman–Crippen MR) is 72.4 cm³/mol. The van der Waals surface area contributed by atoms with E-state index in [0.29, 0.717) is 0 Å². The second-order valence-electron chi connectivity index (χ2n) is 4.48. The van der Waals surface area contributed by atoms with Crippen LogP contribution in [0.15, 0.2) is 30.3 Å². The third-order valence-electron chi connectivity index (χ3n) is 3.12. The zero-order chi connectivity index (χ0) is 12.0. The van der Waals surface area contributed by atoms with Crippen LogP contribution in [0.5, 0.6) is 0 Å². The fourth-order valence-corrected chi connectivity index (χ4v) is 3.97. The minimum atomic E-state index is -1.03. The van der Waals surface area contributed by atoms with Crippen LogP contribution in [0.1, 0.15) is 19.4 Å². The Morgan fingerprint density at radius 3 is 2.25 bits per heavy atom. The van der Waals surface area contributed by atoms with Crippen LogP contribution in [0.4, 0.5) is 0 Å². The lowest BCUT2D eigenvalue weighted by atomic mass is 9.90. The Morgan fingerprint density at radius 2 is 1.81 bits per heavy atom. The lowest BCUT2D eigenvalue weighted by molar-refractivity contribution is -0.0805. The van der Waals surface area contributed by atoms with Crippen LogP contribution in [0.3, 0.4) is 0 Å². The minimum absolute atomic E-state index is 0.347. The van der Waals surface area contributed by atoms with Gasteiger partial charge in [0.05, 0.1) is 4.75 Å². The highest BCUT2D eigenvalue weighted by Crippen LogP contribution is 2.51. The number of rotatable bonds is 1. The van der Waals surface area contributed by atoms with Crippen molar-refractivity contribution in [3.05, 3.63) is 35.9 Å². The van der Waals surface area contributed by atoms with Gasteiger partial charge in [0.1, 0.15) is 4.32 Å². The number of benzene rings is 1. The zero-order valence-corrected chi connectivity index (χ0v) is 11.2. The summed E-state index contributed by atoms with van der Waals surface area (Å²) in [7, 11) is 1.84. The van der Waals surface area contributed by atoms with E-state index in [1.54, 1.807) is 4.90 Å². The van der Waals surface area contributed by atoms with Gasteiger partial charge in [0.2, 0.25) is 0 Å². The van der Waals surface area contributed by atoms with E-state index in [1.807, 2.05) is 51.2 Å². The van der Waals surface area contributed by atoms with E-state index >= 15 is 0 Å². The molecule has 1 saturated heterocycles. The molecule has 0 aromatic heterocycles. The molecule has 2 rings (SSSR count). The van der Waals surface area contributed by atoms with Gasteiger partial charge >= 0.3 is 0 Å². The van der Waals surface area contributed by atoms with Gasteiger partial charge in [-0.1, -0.05) is 54.3 Å². The second kappa shape index (κ2) is 3.72. The van der Waals surface area contributed by atoms with Crippen LogP contribution >= 0.6 is 24.0 Å². The molecule has 1 fully saturated rings. The first-order valence-corrected chi connectivity index (χ1v) is 6.37. The van der Waals surface area contributed by atoms with Crippen molar-refractivity contribution < 1.29 is 5.11 Å². The van der Waals surface area contributed by atoms with E-state index in [9.17, 15) is 5.11 Å². The third kappa shape index (κ3) is 1.48. The van der Waals surface area contributed by atoms with Crippen molar-refractivity contribution in [1.29, 1.82) is 0 Å². The van der Waals surface area contributed by atoms with E-state index in [-0.39, 0.29) is 4.75 Å². The molecule has 16 heavy (non-hydrogen) atoms. The summed E-state index contributed by atoms with van der Waals surface area (Å²) < 4.78 is 0.386. The van der Waals surface area contributed by atoms with Crippen molar-refractivity contribution in [3.63, 3.8) is 0 Å². The molecule has 1 N–H and O–H groups in total. The molecular formula is C12H15NOS2. The van der Waals surface area contributed by atoms with Crippen LogP contribution in [0.2, 0.25) is 0 Å². The first-order chi connectivity index (χ1) is 7.39. The summed E-state index contributed by atoms with van der Waals surface area (Å²) in [5.74, 6) is 0. The van der Waals surface area contributed by atoms with E-state index < -0.39 is 5.72 Å². The molecule has 4 heteroatoms. The molecule has 0 aliphatic carbocycles. The highest BCUT2D eigenvalue weighted by molar-refractivity contribution is 8.24. The maximum Gasteiger partial charge on any atom is 0.180 e. The summed E-state index contributed by atoms with van der Waals surface area (Å²) in [6.07, 6.45) is 0. The molecule has 2 nitrogen and oxygen atoms in total. The van der Waals surface area contributed by atoms with Gasteiger partial charge in [-0.3, -0.25) is 0 Å². The third-order valence-corrected chi connectivity index (χ3v) is 4.88. The number of hydrogen-bond donors (Lipinski definition) is 1. The molecule has 1 heterocycles. The van der Waals surface area contributed by atoms with Crippen molar-refractivity contribution in [2.45, 2.75) is 24.3 Å². The first kappa shape index (κ1) is 11.9. The molecule has 1 atom stereocenters. The SMILES string of the molecule is CN1C(=S)SC(C)(C)C1(O)c1ccccc1. The van der Waals surface area contributed by atoms with E-state index in [0.717, 1.165) is 9.88 Å². The minimum Gasteiger partial charge on any atom is -0.366 e. The lowest BCUT2D eigenvalue weighted by Gasteiger charge is -2.39. The van der Waals surface area contributed by atoms with Crippen molar-refractivity contribution in [3.8, 4) is 0 Å². The maximum atomic E-state index is 10.9. The molecule has 0 radical (unpaired) electrons. The van der Waals surface area contributed by atoms with Crippen LogP contribution in [-0.2, 0) is 5.72 Å². The molecular weight excluding hydrogens is 238 g/mol. The van der Waals surface area contributed by atoms with Gasteiger partial charge in [0.15, 0.2) is 5.72 Å².